The van der Waals surface area contributed by atoms with Gasteiger partial charge in [-0.3, -0.25) is 4.90 Å². The van der Waals surface area contributed by atoms with Crippen molar-refractivity contribution in [2.75, 3.05) is 13.1 Å². The predicted octanol–water partition coefficient (Wildman–Crippen LogP) is 2.86. The van der Waals surface area contributed by atoms with Gasteiger partial charge in [0.1, 0.15) is 5.82 Å². The Bertz CT molecular complexity index is 605. The minimum atomic E-state index is 0.866. The van der Waals surface area contributed by atoms with Crippen molar-refractivity contribution in [1.29, 1.82) is 0 Å². The van der Waals surface area contributed by atoms with Gasteiger partial charge in [-0.2, -0.15) is 0 Å². The van der Waals surface area contributed by atoms with Crippen LogP contribution in [0.3, 0.4) is 0 Å². The van der Waals surface area contributed by atoms with E-state index in [-0.39, 0.29) is 0 Å². The summed E-state index contributed by atoms with van der Waals surface area (Å²) < 4.78 is 0. The summed E-state index contributed by atoms with van der Waals surface area (Å²) >= 11 is 0. The van der Waals surface area contributed by atoms with E-state index in [1.807, 2.05) is 19.2 Å². The Morgan fingerprint density at radius 2 is 2.10 bits per heavy atom. The zero-order valence-corrected chi connectivity index (χ0v) is 11.8. The van der Waals surface area contributed by atoms with Crippen molar-refractivity contribution in [2.24, 2.45) is 0 Å². The summed E-state index contributed by atoms with van der Waals surface area (Å²) in [6.45, 7) is 4.93. The number of fused-ring (bicyclic) bond motifs is 1. The smallest absolute Gasteiger partial charge is 0.125 e. The highest BCUT2D eigenvalue weighted by Gasteiger charge is 2.16. The number of benzene rings is 1. The van der Waals surface area contributed by atoms with E-state index in [2.05, 4.69) is 51.3 Å². The first-order valence-electron chi connectivity index (χ1n) is 7.06. The van der Waals surface area contributed by atoms with E-state index < -0.39 is 0 Å². The summed E-state index contributed by atoms with van der Waals surface area (Å²) in [5.41, 5.74) is 3.75. The molecule has 2 heterocycles. The van der Waals surface area contributed by atoms with Crippen molar-refractivity contribution < 1.29 is 0 Å². The van der Waals surface area contributed by atoms with Gasteiger partial charge in [0, 0.05) is 25.8 Å². The van der Waals surface area contributed by atoms with Gasteiger partial charge in [0.2, 0.25) is 0 Å². The van der Waals surface area contributed by atoms with Crippen LogP contribution in [0.4, 0.5) is 0 Å². The maximum atomic E-state index is 4.55. The highest BCUT2D eigenvalue weighted by Crippen LogP contribution is 2.16. The van der Waals surface area contributed by atoms with E-state index >= 15 is 0 Å². The zero-order chi connectivity index (χ0) is 13.8. The molecule has 3 nitrogen and oxygen atoms in total. The first-order valence-corrected chi connectivity index (χ1v) is 7.06. The topological polar surface area (TPSA) is 29.0 Å². The van der Waals surface area contributed by atoms with Gasteiger partial charge in [0.25, 0.3) is 0 Å². The first kappa shape index (κ1) is 13.0. The average Bonchev–Trinajstić information content (AvgIpc) is 2.48. The Morgan fingerprint density at radius 3 is 2.95 bits per heavy atom. The number of aryl methyl sites for hydroxylation is 1. The lowest BCUT2D eigenvalue weighted by molar-refractivity contribution is 0.276. The molecule has 0 saturated heterocycles. The van der Waals surface area contributed by atoms with E-state index in [9.17, 15) is 0 Å². The molecule has 0 fully saturated rings. The third-order valence-electron chi connectivity index (χ3n) is 3.62. The number of hydrogen-bond acceptors (Lipinski definition) is 3. The van der Waals surface area contributed by atoms with Gasteiger partial charge in [0.05, 0.1) is 5.69 Å². The molecule has 1 aliphatic rings. The molecule has 0 radical (unpaired) electrons. The lowest BCUT2D eigenvalue weighted by Crippen LogP contribution is -2.31. The maximum absolute atomic E-state index is 4.55. The molecule has 1 aromatic heterocycles. The minimum Gasteiger partial charge on any atom is -0.294 e. The molecule has 3 heteroatoms. The van der Waals surface area contributed by atoms with Crippen molar-refractivity contribution in [1.82, 2.24) is 14.9 Å². The fraction of sp³-hybridized carbons (Fsp3) is 0.294. The second kappa shape index (κ2) is 5.97. The van der Waals surface area contributed by atoms with E-state index in [1.165, 1.54) is 16.8 Å². The second-order valence-electron chi connectivity index (χ2n) is 5.19. The van der Waals surface area contributed by atoms with Crippen molar-refractivity contribution in [3.8, 4) is 0 Å². The molecule has 0 spiro atoms. The summed E-state index contributed by atoms with van der Waals surface area (Å²) in [4.78, 5) is 11.3. The zero-order valence-electron chi connectivity index (χ0n) is 11.8. The molecule has 0 N–H and O–H groups in total. The summed E-state index contributed by atoms with van der Waals surface area (Å²) in [6, 6.07) is 10.4. The second-order valence-corrected chi connectivity index (χ2v) is 5.19. The van der Waals surface area contributed by atoms with Crippen LogP contribution < -0.4 is 0 Å². The third-order valence-corrected chi connectivity index (χ3v) is 3.62. The maximum Gasteiger partial charge on any atom is 0.125 e. The van der Waals surface area contributed by atoms with Crippen LogP contribution in [0.25, 0.3) is 6.08 Å². The van der Waals surface area contributed by atoms with Gasteiger partial charge >= 0.3 is 0 Å². The third kappa shape index (κ3) is 3.11. The standard InChI is InChI=1S/C17H19N3/c1-14-18-12-16-9-11-20(13-17(16)19-14)10-5-8-15-6-3-2-4-7-15/h2-8,12H,9-11,13H2,1H3/b8-5+. The molecular formula is C17H19N3. The highest BCUT2D eigenvalue weighted by atomic mass is 15.1. The van der Waals surface area contributed by atoms with E-state index in [4.69, 9.17) is 0 Å². The van der Waals surface area contributed by atoms with Crippen LogP contribution in [-0.2, 0) is 13.0 Å². The number of aromatic nitrogens is 2. The molecule has 0 bridgehead atoms. The SMILES string of the molecule is Cc1ncc2c(n1)CN(C/C=C/c1ccccc1)CC2. The van der Waals surface area contributed by atoms with E-state index in [0.717, 1.165) is 31.9 Å². The molecule has 102 valence electrons. The van der Waals surface area contributed by atoms with Crippen LogP contribution in [0, 0.1) is 6.92 Å². The van der Waals surface area contributed by atoms with Crippen LogP contribution in [0.5, 0.6) is 0 Å². The lowest BCUT2D eigenvalue weighted by Gasteiger charge is -2.26. The lowest BCUT2D eigenvalue weighted by atomic mass is 10.1. The predicted molar refractivity (Wildman–Crippen MR) is 81.2 cm³/mol. The van der Waals surface area contributed by atoms with Crippen LogP contribution in [-0.4, -0.2) is 28.0 Å². The Hall–Kier alpha value is -2.00. The van der Waals surface area contributed by atoms with Gasteiger partial charge in [0.15, 0.2) is 0 Å². The molecule has 0 amide bonds. The molecular weight excluding hydrogens is 246 g/mol. The highest BCUT2D eigenvalue weighted by molar-refractivity contribution is 5.48. The fourth-order valence-corrected chi connectivity index (χ4v) is 2.51. The summed E-state index contributed by atoms with van der Waals surface area (Å²) in [5, 5.41) is 0. The van der Waals surface area contributed by atoms with Crippen molar-refractivity contribution in [2.45, 2.75) is 19.9 Å². The molecule has 3 rings (SSSR count). The first-order chi connectivity index (χ1) is 9.81. The molecule has 20 heavy (non-hydrogen) atoms. The number of nitrogens with zero attached hydrogens (tertiary/aromatic N) is 3. The van der Waals surface area contributed by atoms with E-state index in [0.29, 0.717) is 0 Å². The van der Waals surface area contributed by atoms with Crippen LogP contribution in [0.1, 0.15) is 22.6 Å². The molecule has 1 aromatic carbocycles. The molecule has 0 unspecified atom stereocenters. The number of rotatable bonds is 3. The van der Waals surface area contributed by atoms with Gasteiger partial charge in [-0.1, -0.05) is 42.5 Å². The van der Waals surface area contributed by atoms with Gasteiger partial charge in [-0.25, -0.2) is 9.97 Å². The van der Waals surface area contributed by atoms with Gasteiger partial charge in [-0.05, 0) is 24.5 Å². The Labute approximate surface area is 120 Å². The van der Waals surface area contributed by atoms with Crippen molar-refractivity contribution >= 4 is 6.08 Å². The summed E-state index contributed by atoms with van der Waals surface area (Å²) in [5.74, 6) is 0.866. The monoisotopic (exact) mass is 265 g/mol. The summed E-state index contributed by atoms with van der Waals surface area (Å²) in [6.07, 6.45) is 7.44. The van der Waals surface area contributed by atoms with Crippen LogP contribution in [0.15, 0.2) is 42.6 Å². The van der Waals surface area contributed by atoms with Crippen molar-refractivity contribution in [3.05, 3.63) is 65.2 Å². The quantitative estimate of drug-likeness (QED) is 0.854. The van der Waals surface area contributed by atoms with Gasteiger partial charge in [-0.15, -0.1) is 0 Å². The van der Waals surface area contributed by atoms with Crippen LogP contribution in [0.2, 0.25) is 0 Å². The Kier molecular flexibility index (Phi) is 3.88. The molecule has 0 saturated carbocycles. The van der Waals surface area contributed by atoms with Crippen LogP contribution >= 0.6 is 0 Å². The fourth-order valence-electron chi connectivity index (χ4n) is 2.51. The molecule has 1 aliphatic heterocycles. The normalized spacial score (nSPS) is 15.4. The van der Waals surface area contributed by atoms with Gasteiger partial charge < -0.3 is 0 Å². The summed E-state index contributed by atoms with van der Waals surface area (Å²) in [7, 11) is 0. The molecule has 0 aliphatic carbocycles. The Morgan fingerprint density at radius 1 is 1.25 bits per heavy atom. The number of hydrogen-bond donors (Lipinski definition) is 0. The van der Waals surface area contributed by atoms with Crippen molar-refractivity contribution in [3.63, 3.8) is 0 Å². The average molecular weight is 265 g/mol. The minimum absolute atomic E-state index is 0.866. The molecule has 2 aromatic rings. The van der Waals surface area contributed by atoms with E-state index in [1.54, 1.807) is 0 Å². The molecule has 0 atom stereocenters. The Balaban J connectivity index is 1.62. The largest absolute Gasteiger partial charge is 0.294 e.